The van der Waals surface area contributed by atoms with Gasteiger partial charge in [-0.1, -0.05) is 6.07 Å². The summed E-state index contributed by atoms with van der Waals surface area (Å²) in [6.07, 6.45) is 8.16. The van der Waals surface area contributed by atoms with Gasteiger partial charge < -0.3 is 20.1 Å². The molecule has 0 bridgehead atoms. The van der Waals surface area contributed by atoms with Crippen LogP contribution >= 0.6 is 24.0 Å². The molecule has 1 aromatic carbocycles. The Bertz CT molecular complexity index is 793. The van der Waals surface area contributed by atoms with Crippen LogP contribution in [0.15, 0.2) is 41.7 Å². The van der Waals surface area contributed by atoms with E-state index in [0.29, 0.717) is 6.04 Å². The average Bonchev–Trinajstić information content (AvgIpc) is 3.13. The number of halogens is 2. The third kappa shape index (κ3) is 7.45. The molecule has 0 aliphatic carbocycles. The molecule has 8 heteroatoms. The summed E-state index contributed by atoms with van der Waals surface area (Å²) >= 11 is 0. The molecule has 0 radical (unpaired) electrons. The lowest BCUT2D eigenvalue weighted by Gasteiger charge is -2.35. The first-order valence-electron chi connectivity index (χ1n) is 10.7. The van der Waals surface area contributed by atoms with E-state index in [9.17, 15) is 4.39 Å². The first kappa shape index (κ1) is 24.4. The van der Waals surface area contributed by atoms with Crippen molar-refractivity contribution in [1.82, 2.24) is 20.2 Å². The first-order valence-corrected chi connectivity index (χ1v) is 10.7. The van der Waals surface area contributed by atoms with E-state index in [1.54, 1.807) is 12.1 Å². The summed E-state index contributed by atoms with van der Waals surface area (Å²) in [4.78, 5) is 11.3. The zero-order valence-electron chi connectivity index (χ0n) is 18.0. The number of hydrogen-bond donors (Lipinski definition) is 2. The topological polar surface area (TPSA) is 57.5 Å². The van der Waals surface area contributed by atoms with Gasteiger partial charge in [-0.15, -0.1) is 24.0 Å². The van der Waals surface area contributed by atoms with Crippen LogP contribution in [0.4, 0.5) is 10.1 Å². The number of hydrogen-bond acceptors (Lipinski definition) is 3. The minimum atomic E-state index is -0.182. The normalized spacial score (nSPS) is 16.8. The summed E-state index contributed by atoms with van der Waals surface area (Å²) in [6.45, 7) is 8.54. The third-order valence-electron chi connectivity index (χ3n) is 5.28. The molecule has 1 atom stereocenters. The van der Waals surface area contributed by atoms with Crippen molar-refractivity contribution in [2.24, 2.45) is 4.99 Å². The predicted molar refractivity (Wildman–Crippen MR) is 132 cm³/mol. The lowest BCUT2D eigenvalue weighted by atomic mass is 10.0. The molecule has 1 unspecified atom stereocenters. The van der Waals surface area contributed by atoms with Crippen molar-refractivity contribution >= 4 is 35.6 Å². The average molecular weight is 528 g/mol. The number of nitrogens with zero attached hydrogens (tertiary/aromatic N) is 4. The van der Waals surface area contributed by atoms with Crippen LogP contribution in [0.25, 0.3) is 0 Å². The second-order valence-corrected chi connectivity index (χ2v) is 7.54. The molecule has 0 saturated carbocycles. The summed E-state index contributed by atoms with van der Waals surface area (Å²) in [5, 5.41) is 6.93. The molecule has 1 aliphatic heterocycles. The summed E-state index contributed by atoms with van der Waals surface area (Å²) in [5.41, 5.74) is 0.952. The van der Waals surface area contributed by atoms with Crippen LogP contribution in [0, 0.1) is 12.7 Å². The Morgan fingerprint density at radius 1 is 1.33 bits per heavy atom. The lowest BCUT2D eigenvalue weighted by Crippen LogP contribution is -2.51. The van der Waals surface area contributed by atoms with Gasteiger partial charge in [0.1, 0.15) is 11.6 Å². The number of aryl methyl sites for hydroxylation is 2. The predicted octanol–water partition coefficient (Wildman–Crippen LogP) is 3.95. The van der Waals surface area contributed by atoms with Crippen molar-refractivity contribution in [2.75, 3.05) is 31.1 Å². The van der Waals surface area contributed by atoms with Gasteiger partial charge in [0.15, 0.2) is 5.96 Å². The van der Waals surface area contributed by atoms with Gasteiger partial charge in [-0.2, -0.15) is 0 Å². The van der Waals surface area contributed by atoms with E-state index in [2.05, 4.69) is 32.0 Å². The quantitative estimate of drug-likeness (QED) is 0.236. The number of unbranched alkanes of at least 4 members (excludes halogenated alkanes) is 1. The molecule has 1 fully saturated rings. The smallest absolute Gasteiger partial charge is 0.191 e. The Hall–Kier alpha value is -1.84. The van der Waals surface area contributed by atoms with Crippen LogP contribution in [-0.2, 0) is 6.54 Å². The van der Waals surface area contributed by atoms with Crippen molar-refractivity contribution in [3.63, 3.8) is 0 Å². The second-order valence-electron chi connectivity index (χ2n) is 7.54. The van der Waals surface area contributed by atoms with Crippen LogP contribution in [0.2, 0.25) is 0 Å². The minimum absolute atomic E-state index is 0. The third-order valence-corrected chi connectivity index (χ3v) is 5.28. The van der Waals surface area contributed by atoms with Crippen LogP contribution < -0.4 is 15.5 Å². The number of imidazole rings is 1. The van der Waals surface area contributed by atoms with Crippen molar-refractivity contribution in [1.29, 1.82) is 0 Å². The van der Waals surface area contributed by atoms with Crippen molar-refractivity contribution in [2.45, 2.75) is 52.1 Å². The Kier molecular flexibility index (Phi) is 10.4. The highest BCUT2D eigenvalue weighted by molar-refractivity contribution is 14.0. The fourth-order valence-corrected chi connectivity index (χ4v) is 3.74. The van der Waals surface area contributed by atoms with Crippen LogP contribution in [0.1, 0.15) is 38.4 Å². The standard InChI is InChI=1S/C22H33FN6.HI/c1-3-24-22(26-11-4-5-13-28-15-12-25-18(28)2)27-20-9-7-14-29(17-20)21-10-6-8-19(23)16-21;/h6,8,10,12,15-16,20H,3-5,7,9,11,13-14,17H2,1-2H3,(H2,24,26,27);1H. The van der Waals surface area contributed by atoms with Gasteiger partial charge in [0.2, 0.25) is 0 Å². The molecular formula is C22H34FIN6. The molecule has 1 saturated heterocycles. The first-order chi connectivity index (χ1) is 14.2. The summed E-state index contributed by atoms with van der Waals surface area (Å²) < 4.78 is 15.7. The Morgan fingerprint density at radius 3 is 2.93 bits per heavy atom. The monoisotopic (exact) mass is 528 g/mol. The van der Waals surface area contributed by atoms with Crippen LogP contribution in [-0.4, -0.2) is 47.7 Å². The Morgan fingerprint density at radius 2 is 2.20 bits per heavy atom. The van der Waals surface area contributed by atoms with Crippen molar-refractivity contribution in [3.8, 4) is 0 Å². The Balaban J connectivity index is 0.00000320. The number of benzene rings is 1. The zero-order valence-corrected chi connectivity index (χ0v) is 20.3. The molecule has 30 heavy (non-hydrogen) atoms. The van der Waals surface area contributed by atoms with E-state index >= 15 is 0 Å². The molecule has 6 nitrogen and oxygen atoms in total. The highest BCUT2D eigenvalue weighted by Gasteiger charge is 2.21. The SMILES string of the molecule is CCNC(=NCCCCn1ccnc1C)NC1CCCN(c2cccc(F)c2)C1.I. The highest BCUT2D eigenvalue weighted by atomic mass is 127. The van der Waals surface area contributed by atoms with Gasteiger partial charge in [0.25, 0.3) is 0 Å². The van der Waals surface area contributed by atoms with E-state index in [0.717, 1.165) is 75.9 Å². The summed E-state index contributed by atoms with van der Waals surface area (Å²) in [7, 11) is 0. The molecule has 2 heterocycles. The van der Waals surface area contributed by atoms with Gasteiger partial charge >= 0.3 is 0 Å². The molecule has 2 N–H and O–H groups in total. The van der Waals surface area contributed by atoms with Gasteiger partial charge in [0, 0.05) is 56.8 Å². The fraction of sp³-hybridized carbons (Fsp3) is 0.545. The lowest BCUT2D eigenvalue weighted by molar-refractivity contribution is 0.467. The van der Waals surface area contributed by atoms with Gasteiger partial charge in [-0.25, -0.2) is 9.37 Å². The molecule has 1 aliphatic rings. The van der Waals surface area contributed by atoms with E-state index in [-0.39, 0.29) is 29.8 Å². The molecular weight excluding hydrogens is 494 g/mol. The number of guanidine groups is 1. The van der Waals surface area contributed by atoms with E-state index in [1.807, 2.05) is 25.4 Å². The number of piperidine rings is 1. The van der Waals surface area contributed by atoms with E-state index in [4.69, 9.17) is 4.99 Å². The van der Waals surface area contributed by atoms with E-state index < -0.39 is 0 Å². The minimum Gasteiger partial charge on any atom is -0.369 e. The number of nitrogens with one attached hydrogen (secondary N) is 2. The number of aromatic nitrogens is 2. The fourth-order valence-electron chi connectivity index (χ4n) is 3.74. The maximum Gasteiger partial charge on any atom is 0.191 e. The maximum absolute atomic E-state index is 13.6. The summed E-state index contributed by atoms with van der Waals surface area (Å²) in [6, 6.07) is 7.17. The Labute approximate surface area is 196 Å². The van der Waals surface area contributed by atoms with Gasteiger partial charge in [-0.3, -0.25) is 4.99 Å². The van der Waals surface area contributed by atoms with E-state index in [1.165, 1.54) is 6.07 Å². The van der Waals surface area contributed by atoms with Crippen LogP contribution in [0.5, 0.6) is 0 Å². The number of anilines is 1. The molecule has 2 aromatic rings. The molecule has 0 amide bonds. The van der Waals surface area contributed by atoms with Crippen LogP contribution in [0.3, 0.4) is 0 Å². The second kappa shape index (κ2) is 12.8. The molecule has 0 spiro atoms. The van der Waals surface area contributed by atoms with Crippen molar-refractivity contribution in [3.05, 3.63) is 48.3 Å². The zero-order chi connectivity index (χ0) is 20.5. The highest BCUT2D eigenvalue weighted by Crippen LogP contribution is 2.20. The molecule has 3 rings (SSSR count). The molecule has 166 valence electrons. The number of rotatable bonds is 8. The largest absolute Gasteiger partial charge is 0.369 e. The molecule has 1 aromatic heterocycles. The van der Waals surface area contributed by atoms with Gasteiger partial charge in [-0.05, 0) is 57.7 Å². The van der Waals surface area contributed by atoms with Crippen molar-refractivity contribution < 1.29 is 4.39 Å². The van der Waals surface area contributed by atoms with Gasteiger partial charge in [0.05, 0.1) is 0 Å². The maximum atomic E-state index is 13.6. The number of aliphatic imine (C=N–C) groups is 1. The summed E-state index contributed by atoms with van der Waals surface area (Å²) in [5.74, 6) is 1.75.